The zero-order valence-corrected chi connectivity index (χ0v) is 51.7. The van der Waals surface area contributed by atoms with Crippen molar-refractivity contribution in [1.82, 2.24) is 10.2 Å². The van der Waals surface area contributed by atoms with E-state index >= 15 is 0 Å². The Morgan fingerprint density at radius 3 is 2.11 bits per heavy atom. The Morgan fingerprint density at radius 1 is 0.783 bits per heavy atom. The molecule has 4 aliphatic rings. The van der Waals surface area contributed by atoms with E-state index in [0.717, 1.165) is 12.0 Å². The summed E-state index contributed by atoms with van der Waals surface area (Å²) in [5.41, 5.74) is 1.23. The van der Waals surface area contributed by atoms with Crippen LogP contribution in [0.3, 0.4) is 0 Å². The average molecular weight is 1180 g/mol. The Morgan fingerprint density at radius 2 is 1.46 bits per heavy atom. The molecule has 0 aromatic carbocycles. The van der Waals surface area contributed by atoms with Gasteiger partial charge in [-0.25, -0.2) is 9.59 Å². The molecule has 1 saturated carbocycles. The second-order valence-electron chi connectivity index (χ2n) is 23.3. The monoisotopic (exact) mass is 1170 g/mol. The van der Waals surface area contributed by atoms with Crippen molar-refractivity contribution in [2.75, 3.05) is 87.3 Å². The fourth-order valence-corrected chi connectivity index (χ4v) is 11.5. The van der Waals surface area contributed by atoms with Crippen molar-refractivity contribution in [2.24, 2.45) is 35.5 Å². The predicted molar refractivity (Wildman–Crippen MR) is 311 cm³/mol. The van der Waals surface area contributed by atoms with E-state index in [4.69, 9.17) is 47.4 Å². The molecule has 83 heavy (non-hydrogen) atoms. The van der Waals surface area contributed by atoms with E-state index in [9.17, 15) is 39.0 Å². The number of rotatable bonds is 21. The lowest BCUT2D eigenvalue weighted by atomic mass is 9.78. The summed E-state index contributed by atoms with van der Waals surface area (Å²) in [5, 5.41) is 26.4. The number of nitrogens with one attached hydrogen (secondary N) is 1. The van der Waals surface area contributed by atoms with E-state index in [1.165, 1.54) is 12.0 Å². The van der Waals surface area contributed by atoms with Gasteiger partial charge in [-0.1, -0.05) is 78.0 Å². The summed E-state index contributed by atoms with van der Waals surface area (Å²) in [6.45, 7) is 18.6. The van der Waals surface area contributed by atoms with Gasteiger partial charge < -0.3 is 67.8 Å². The van der Waals surface area contributed by atoms with Gasteiger partial charge in [0.25, 0.3) is 11.7 Å². The zero-order chi connectivity index (χ0) is 61.1. The van der Waals surface area contributed by atoms with Crippen LogP contribution in [-0.4, -0.2) is 192 Å². The SMILES string of the molecule is CCCOCCOCCOCCOCCNC(=O)O[C@@H]1CC[C@@H](C[C@@H](C)[C@@H]2CC(=O)[C@H](C)/C=C(\C)[C@@H](O)[C@@H](OC)C(=O)[C@H](C)C[C@H](C)/C=C/C=C/C=C(\C)[C@@H](OC)C[C@@H]3CC[C@@H](C)[C@@](O)(O3)C(=O)C(=O)N3CCCC[C@H]3C(=O)O2)C[C@H]1OC. The lowest BCUT2D eigenvalue weighted by Crippen LogP contribution is -2.61. The lowest BCUT2D eigenvalue weighted by Gasteiger charge is -2.42. The number of ether oxygens (including phenoxy) is 10. The number of aliphatic hydroxyl groups is 2. The van der Waals surface area contributed by atoms with Crippen LogP contribution in [0.5, 0.6) is 0 Å². The summed E-state index contributed by atoms with van der Waals surface area (Å²) in [5.74, 6) is -8.45. The van der Waals surface area contributed by atoms with Crippen molar-refractivity contribution in [3.05, 3.63) is 47.6 Å². The molecule has 15 atom stereocenters. The van der Waals surface area contributed by atoms with Gasteiger partial charge in [-0.15, -0.1) is 0 Å². The number of esters is 1. The summed E-state index contributed by atoms with van der Waals surface area (Å²) in [7, 11) is 4.50. The van der Waals surface area contributed by atoms with Crippen molar-refractivity contribution in [3.8, 4) is 0 Å². The van der Waals surface area contributed by atoms with Crippen molar-refractivity contribution in [3.63, 3.8) is 0 Å². The molecule has 2 amide bonds. The number of allylic oxidation sites excluding steroid dienone is 6. The van der Waals surface area contributed by atoms with E-state index in [2.05, 4.69) is 12.2 Å². The van der Waals surface area contributed by atoms with Crippen molar-refractivity contribution < 1.29 is 86.3 Å². The van der Waals surface area contributed by atoms with E-state index < -0.39 is 102 Å². The highest BCUT2D eigenvalue weighted by molar-refractivity contribution is 6.39. The number of hydrogen-bond acceptors (Lipinski definition) is 18. The van der Waals surface area contributed by atoms with Crippen LogP contribution < -0.4 is 5.32 Å². The Balaban J connectivity index is 1.51. The third kappa shape index (κ3) is 22.9. The summed E-state index contributed by atoms with van der Waals surface area (Å²) in [4.78, 5) is 85.8. The molecule has 0 aromatic heterocycles. The van der Waals surface area contributed by atoms with Gasteiger partial charge in [0.1, 0.15) is 36.2 Å². The number of carbonyl (C=O) groups excluding carboxylic acids is 6. The van der Waals surface area contributed by atoms with Gasteiger partial charge in [-0.05, 0) is 113 Å². The number of methoxy groups -OCH3 is 3. The molecule has 3 N–H and O–H groups in total. The van der Waals surface area contributed by atoms with Crippen LogP contribution in [0, 0.1) is 35.5 Å². The number of fused-ring (bicyclic) bond motifs is 3. The molecule has 20 nitrogen and oxygen atoms in total. The topological polar surface area (TPSA) is 250 Å². The summed E-state index contributed by atoms with van der Waals surface area (Å²) >= 11 is 0. The molecule has 0 unspecified atom stereocenters. The summed E-state index contributed by atoms with van der Waals surface area (Å²) in [6.07, 6.45) is 10.7. The van der Waals surface area contributed by atoms with Gasteiger partial charge in [-0.3, -0.25) is 19.2 Å². The number of Topliss-reactive ketones (excluding diaryl/α,β-unsaturated/α-hetero) is 3. The maximum Gasteiger partial charge on any atom is 0.407 e. The van der Waals surface area contributed by atoms with E-state index in [0.29, 0.717) is 116 Å². The Labute approximate surface area is 494 Å². The van der Waals surface area contributed by atoms with Gasteiger partial charge in [-0.2, -0.15) is 0 Å². The fourth-order valence-electron chi connectivity index (χ4n) is 11.5. The number of ketones is 3. The van der Waals surface area contributed by atoms with Crippen LogP contribution in [-0.2, 0) is 71.3 Å². The fraction of sp³-hybridized carbons (Fsp3) is 0.778. The minimum absolute atomic E-state index is 0.00394. The van der Waals surface area contributed by atoms with Gasteiger partial charge >= 0.3 is 12.1 Å². The van der Waals surface area contributed by atoms with Crippen molar-refractivity contribution in [2.45, 2.75) is 193 Å². The predicted octanol–water partition coefficient (Wildman–Crippen LogP) is 7.39. The molecule has 1 aliphatic carbocycles. The number of hydrogen-bond donors (Lipinski definition) is 3. The van der Waals surface area contributed by atoms with Crippen LogP contribution in [0.15, 0.2) is 47.6 Å². The summed E-state index contributed by atoms with van der Waals surface area (Å²) in [6, 6.07) is -1.19. The van der Waals surface area contributed by atoms with Gasteiger partial charge in [0.15, 0.2) is 5.78 Å². The molecule has 3 heterocycles. The standard InChI is InChI=1S/C63H102N2O18/c1-12-27-77-29-31-79-33-34-80-32-30-78-28-25-64-62(72)82-52-24-22-48(38-55(52)75-10)37-44(5)54-40-51(66)43(4)36-46(7)57(68)58(76-11)56(67)45(6)35-41(2)18-14-13-15-19-42(3)53(74-9)39-49-23-21-47(8)63(73,83-49)59(69)60(70)65-26-17-16-20-50(65)61(71)81-54/h13-15,18-19,36,41,43-45,47-50,52-55,57-58,68,73H,12,16-17,20-35,37-40H2,1-11H3,(H,64,72)/b15-13+,18-14+,42-19+,46-36+/t41-,43-,44-,45-,47-,48+,49+,50+,52-,53+,54+,55-,57-,58+,63-/m1/s1. The molecular formula is C63H102N2O18. The molecule has 472 valence electrons. The molecule has 3 fully saturated rings. The van der Waals surface area contributed by atoms with Crippen molar-refractivity contribution >= 4 is 35.3 Å². The van der Waals surface area contributed by atoms with E-state index in [1.54, 1.807) is 41.1 Å². The third-order valence-corrected chi connectivity index (χ3v) is 16.7. The number of aliphatic hydroxyl groups excluding tert-OH is 1. The molecule has 0 spiro atoms. The number of piperidine rings is 1. The van der Waals surface area contributed by atoms with Gasteiger partial charge in [0, 0.05) is 71.6 Å². The lowest BCUT2D eigenvalue weighted by molar-refractivity contribution is -0.265. The van der Waals surface area contributed by atoms with Crippen LogP contribution in [0.2, 0.25) is 0 Å². The normalized spacial score (nSPS) is 34.1. The highest BCUT2D eigenvalue weighted by Gasteiger charge is 2.53. The molecule has 20 heteroatoms. The van der Waals surface area contributed by atoms with Crippen LogP contribution in [0.25, 0.3) is 0 Å². The van der Waals surface area contributed by atoms with Gasteiger partial charge in [0.05, 0.1) is 64.6 Å². The number of amides is 2. The maximum atomic E-state index is 14.6. The molecular weight excluding hydrogens is 1070 g/mol. The smallest absolute Gasteiger partial charge is 0.407 e. The largest absolute Gasteiger partial charge is 0.460 e. The van der Waals surface area contributed by atoms with Crippen LogP contribution in [0.4, 0.5) is 4.79 Å². The minimum Gasteiger partial charge on any atom is -0.460 e. The van der Waals surface area contributed by atoms with Crippen molar-refractivity contribution in [1.29, 1.82) is 0 Å². The number of nitrogens with zero attached hydrogens (tertiary/aromatic N) is 1. The first-order valence-electron chi connectivity index (χ1n) is 30.4. The molecule has 3 aliphatic heterocycles. The molecule has 2 saturated heterocycles. The zero-order valence-electron chi connectivity index (χ0n) is 51.7. The van der Waals surface area contributed by atoms with Crippen LogP contribution >= 0.6 is 0 Å². The highest BCUT2D eigenvalue weighted by atomic mass is 16.6. The van der Waals surface area contributed by atoms with Crippen LogP contribution in [0.1, 0.15) is 139 Å². The molecule has 4 rings (SSSR count). The second kappa shape index (κ2) is 37.4. The average Bonchev–Trinajstić information content (AvgIpc) is 3.60. The number of cyclic esters (lactones) is 1. The van der Waals surface area contributed by atoms with Gasteiger partial charge in [0.2, 0.25) is 5.79 Å². The number of carbonyl (C=O) groups is 6. The first-order chi connectivity index (χ1) is 39.7. The third-order valence-electron chi connectivity index (χ3n) is 16.7. The Kier molecular flexibility index (Phi) is 32.1. The second-order valence-corrected chi connectivity index (χ2v) is 23.3. The first-order valence-corrected chi connectivity index (χ1v) is 30.4. The Hall–Kier alpha value is -4.22. The molecule has 2 bridgehead atoms. The Bertz CT molecular complexity index is 2150. The first kappa shape index (κ1) is 71.3. The highest BCUT2D eigenvalue weighted by Crippen LogP contribution is 2.38. The molecule has 0 aromatic rings. The van der Waals surface area contributed by atoms with E-state index in [1.807, 2.05) is 58.1 Å². The quantitative estimate of drug-likeness (QED) is 0.0438. The molecule has 0 radical (unpaired) electrons. The maximum absolute atomic E-state index is 14.6. The van der Waals surface area contributed by atoms with E-state index in [-0.39, 0.29) is 55.9 Å². The summed E-state index contributed by atoms with van der Waals surface area (Å²) < 4.78 is 57.7. The minimum atomic E-state index is -2.46. The number of alkyl carbamates (subject to hydrolysis) is 1.